The third-order valence-corrected chi connectivity index (χ3v) is 2.79. The van der Waals surface area contributed by atoms with E-state index >= 15 is 0 Å². The van der Waals surface area contributed by atoms with Crippen LogP contribution in [0.25, 0.3) is 0 Å². The molecule has 0 aromatic rings. The van der Waals surface area contributed by atoms with Crippen molar-refractivity contribution in [1.82, 2.24) is 0 Å². The molecule has 2 heteroatoms. The summed E-state index contributed by atoms with van der Waals surface area (Å²) < 4.78 is 0. The number of rotatable bonds is 0. The van der Waals surface area contributed by atoms with E-state index in [0.717, 1.165) is 12.2 Å². The van der Waals surface area contributed by atoms with Crippen molar-refractivity contribution in [2.45, 2.75) is 19.8 Å². The summed E-state index contributed by atoms with van der Waals surface area (Å²) in [5, 5.41) is 0. The van der Waals surface area contributed by atoms with Crippen molar-refractivity contribution < 1.29 is 4.79 Å². The van der Waals surface area contributed by atoms with E-state index in [4.69, 9.17) is 0 Å². The summed E-state index contributed by atoms with van der Waals surface area (Å²) in [6.45, 7) is 2.04. The first-order valence-corrected chi connectivity index (χ1v) is 4.56. The molecule has 0 saturated carbocycles. The second-order valence-corrected chi connectivity index (χ2v) is 3.67. The Bertz CT molecular complexity index is 111. The molecule has 1 aliphatic rings. The SMILES string of the molecule is CC1CCCSCC1=O. The van der Waals surface area contributed by atoms with Crippen LogP contribution in [0.2, 0.25) is 0 Å². The number of Topliss-reactive ketones (excluding diaryl/α,β-unsaturated/α-hetero) is 1. The Kier molecular flexibility index (Phi) is 2.58. The van der Waals surface area contributed by atoms with Gasteiger partial charge < -0.3 is 0 Å². The van der Waals surface area contributed by atoms with Crippen LogP contribution >= 0.6 is 11.8 Å². The molecule has 0 radical (unpaired) electrons. The van der Waals surface area contributed by atoms with Crippen LogP contribution in [0, 0.1) is 5.92 Å². The zero-order chi connectivity index (χ0) is 6.69. The minimum atomic E-state index is 0.333. The second-order valence-electron chi connectivity index (χ2n) is 2.56. The summed E-state index contributed by atoms with van der Waals surface area (Å²) >= 11 is 1.78. The number of carbonyl (C=O) groups is 1. The first-order valence-electron chi connectivity index (χ1n) is 3.41. The van der Waals surface area contributed by atoms with Gasteiger partial charge in [0.05, 0.1) is 5.75 Å². The highest BCUT2D eigenvalue weighted by atomic mass is 32.2. The molecule has 1 saturated heterocycles. The zero-order valence-corrected chi connectivity index (χ0v) is 6.54. The molecule has 1 heterocycles. The molecule has 0 aromatic carbocycles. The molecule has 1 fully saturated rings. The number of thioether (sulfide) groups is 1. The Labute approximate surface area is 60.2 Å². The van der Waals surface area contributed by atoms with Crippen LogP contribution in [0.4, 0.5) is 0 Å². The van der Waals surface area contributed by atoms with Crippen LogP contribution < -0.4 is 0 Å². The largest absolute Gasteiger partial charge is 0.298 e. The van der Waals surface area contributed by atoms with Crippen molar-refractivity contribution in [3.63, 3.8) is 0 Å². The Hall–Kier alpha value is 0.0200. The highest BCUT2D eigenvalue weighted by molar-refractivity contribution is 7.99. The topological polar surface area (TPSA) is 17.1 Å². The minimum absolute atomic E-state index is 0.333. The molecule has 0 spiro atoms. The van der Waals surface area contributed by atoms with Gasteiger partial charge in [0.15, 0.2) is 0 Å². The zero-order valence-electron chi connectivity index (χ0n) is 5.72. The van der Waals surface area contributed by atoms with Gasteiger partial charge in [-0.05, 0) is 18.6 Å². The molecule has 1 nitrogen and oxygen atoms in total. The lowest BCUT2D eigenvalue weighted by Crippen LogP contribution is -2.10. The summed E-state index contributed by atoms with van der Waals surface area (Å²) in [5.74, 6) is 2.70. The number of hydrogen-bond acceptors (Lipinski definition) is 2. The Morgan fingerprint density at radius 2 is 2.44 bits per heavy atom. The molecule has 0 aromatic heterocycles. The van der Waals surface area contributed by atoms with E-state index in [1.54, 1.807) is 11.8 Å². The molecular weight excluding hydrogens is 132 g/mol. The predicted molar refractivity (Wildman–Crippen MR) is 40.7 cm³/mol. The highest BCUT2D eigenvalue weighted by Crippen LogP contribution is 2.18. The molecule has 0 N–H and O–H groups in total. The molecular formula is C7H12OS. The molecule has 0 bridgehead atoms. The monoisotopic (exact) mass is 144 g/mol. The quantitative estimate of drug-likeness (QED) is 0.515. The van der Waals surface area contributed by atoms with Gasteiger partial charge in [0.2, 0.25) is 0 Å². The number of carbonyl (C=O) groups excluding carboxylic acids is 1. The summed E-state index contributed by atoms with van der Waals surface area (Å²) in [4.78, 5) is 11.0. The molecule has 1 rings (SSSR count). The van der Waals surface area contributed by atoms with Crippen molar-refractivity contribution in [2.24, 2.45) is 5.92 Å². The Morgan fingerprint density at radius 1 is 1.67 bits per heavy atom. The predicted octanol–water partition coefficient (Wildman–Crippen LogP) is 1.72. The molecule has 0 aliphatic carbocycles. The lowest BCUT2D eigenvalue weighted by Gasteiger charge is -2.01. The van der Waals surface area contributed by atoms with Gasteiger partial charge in [0.25, 0.3) is 0 Å². The van der Waals surface area contributed by atoms with Gasteiger partial charge in [-0.25, -0.2) is 0 Å². The van der Waals surface area contributed by atoms with Crippen LogP contribution in [0.15, 0.2) is 0 Å². The van der Waals surface area contributed by atoms with Gasteiger partial charge >= 0.3 is 0 Å². The minimum Gasteiger partial charge on any atom is -0.298 e. The molecule has 9 heavy (non-hydrogen) atoms. The normalized spacial score (nSPS) is 29.9. The third-order valence-electron chi connectivity index (χ3n) is 1.72. The molecule has 52 valence electrons. The lowest BCUT2D eigenvalue weighted by atomic mass is 10.0. The fourth-order valence-electron chi connectivity index (χ4n) is 0.968. The maximum atomic E-state index is 11.0. The van der Waals surface area contributed by atoms with Crippen molar-refractivity contribution in [3.05, 3.63) is 0 Å². The third kappa shape index (κ3) is 2.01. The van der Waals surface area contributed by atoms with Gasteiger partial charge in [-0.3, -0.25) is 4.79 Å². The van der Waals surface area contributed by atoms with E-state index in [9.17, 15) is 4.79 Å². The first kappa shape index (κ1) is 7.13. The van der Waals surface area contributed by atoms with Crippen LogP contribution in [-0.4, -0.2) is 17.3 Å². The van der Waals surface area contributed by atoms with Gasteiger partial charge in [0.1, 0.15) is 5.78 Å². The molecule has 0 amide bonds. The van der Waals surface area contributed by atoms with E-state index in [1.807, 2.05) is 6.92 Å². The standard InChI is InChI=1S/C7H12OS/c1-6-3-2-4-9-5-7(6)8/h6H,2-5H2,1H3. The van der Waals surface area contributed by atoms with E-state index in [2.05, 4.69) is 0 Å². The number of ketones is 1. The summed E-state index contributed by atoms with van der Waals surface area (Å²) in [6.07, 6.45) is 2.32. The number of hydrogen-bond donors (Lipinski definition) is 0. The summed E-state index contributed by atoms with van der Waals surface area (Å²) in [5.41, 5.74) is 0. The van der Waals surface area contributed by atoms with Crippen LogP contribution in [0.5, 0.6) is 0 Å². The van der Waals surface area contributed by atoms with Crippen LogP contribution in [0.3, 0.4) is 0 Å². The summed E-state index contributed by atoms with van der Waals surface area (Å²) in [6, 6.07) is 0. The van der Waals surface area contributed by atoms with E-state index in [0.29, 0.717) is 11.7 Å². The molecule has 1 atom stereocenters. The molecule has 1 aliphatic heterocycles. The highest BCUT2D eigenvalue weighted by Gasteiger charge is 2.15. The van der Waals surface area contributed by atoms with Crippen molar-refractivity contribution in [3.8, 4) is 0 Å². The first-order chi connectivity index (χ1) is 4.30. The lowest BCUT2D eigenvalue weighted by molar-refractivity contribution is -0.119. The fourth-order valence-corrected chi connectivity index (χ4v) is 1.97. The van der Waals surface area contributed by atoms with Crippen molar-refractivity contribution in [1.29, 1.82) is 0 Å². The smallest absolute Gasteiger partial charge is 0.145 e. The average Bonchev–Trinajstić information content (AvgIpc) is 1.99. The van der Waals surface area contributed by atoms with Gasteiger partial charge in [0, 0.05) is 5.92 Å². The second kappa shape index (κ2) is 3.25. The van der Waals surface area contributed by atoms with E-state index in [1.165, 1.54) is 12.2 Å². The van der Waals surface area contributed by atoms with Crippen molar-refractivity contribution >= 4 is 17.5 Å². The average molecular weight is 144 g/mol. The van der Waals surface area contributed by atoms with E-state index in [-0.39, 0.29) is 0 Å². The van der Waals surface area contributed by atoms with Crippen LogP contribution in [0.1, 0.15) is 19.8 Å². The molecule has 1 unspecified atom stereocenters. The van der Waals surface area contributed by atoms with Gasteiger partial charge in [-0.1, -0.05) is 6.92 Å². The summed E-state index contributed by atoms with van der Waals surface area (Å²) in [7, 11) is 0. The Balaban J connectivity index is 2.41. The van der Waals surface area contributed by atoms with E-state index < -0.39 is 0 Å². The van der Waals surface area contributed by atoms with Gasteiger partial charge in [-0.15, -0.1) is 0 Å². The van der Waals surface area contributed by atoms with Gasteiger partial charge in [-0.2, -0.15) is 11.8 Å². The van der Waals surface area contributed by atoms with Crippen LogP contribution in [-0.2, 0) is 4.79 Å². The maximum Gasteiger partial charge on any atom is 0.145 e. The fraction of sp³-hybridized carbons (Fsp3) is 0.857. The Morgan fingerprint density at radius 3 is 3.22 bits per heavy atom. The van der Waals surface area contributed by atoms with Crippen molar-refractivity contribution in [2.75, 3.05) is 11.5 Å². The maximum absolute atomic E-state index is 11.0.